The van der Waals surface area contributed by atoms with Crippen LogP contribution in [0.15, 0.2) is 24.3 Å². The first-order valence-electron chi connectivity index (χ1n) is 4.80. The van der Waals surface area contributed by atoms with E-state index in [9.17, 15) is 8.42 Å². The number of nitrogens with zero attached hydrogens (tertiary/aromatic N) is 1. The Morgan fingerprint density at radius 1 is 1.25 bits per heavy atom. The predicted octanol–water partition coefficient (Wildman–Crippen LogP) is 1.77. The van der Waals surface area contributed by atoms with Crippen molar-refractivity contribution in [3.63, 3.8) is 0 Å². The Labute approximate surface area is 94.5 Å². The molecule has 2 rings (SSSR count). The van der Waals surface area contributed by atoms with Crippen LogP contribution in [0.3, 0.4) is 0 Å². The van der Waals surface area contributed by atoms with E-state index in [2.05, 4.69) is 0 Å². The number of hydrogen-bond donors (Lipinski definition) is 0. The maximum Gasteiger partial charge on any atom is 0.236 e. The van der Waals surface area contributed by atoms with Crippen molar-refractivity contribution in [2.24, 2.45) is 0 Å². The molecule has 0 atom stereocenters. The molecular formula is C11H13NO3S. The second-order valence-corrected chi connectivity index (χ2v) is 5.57. The van der Waals surface area contributed by atoms with Crippen LogP contribution in [-0.4, -0.2) is 25.8 Å². The lowest BCUT2D eigenvalue weighted by Gasteiger charge is -2.05. The molecule has 0 unspecified atom stereocenters. The molecule has 0 saturated carbocycles. The van der Waals surface area contributed by atoms with Crippen molar-refractivity contribution in [3.05, 3.63) is 30.0 Å². The molecule has 5 heteroatoms. The van der Waals surface area contributed by atoms with Gasteiger partial charge in [-0.2, -0.15) is 0 Å². The van der Waals surface area contributed by atoms with Gasteiger partial charge < -0.3 is 4.74 Å². The zero-order valence-electron chi connectivity index (χ0n) is 9.39. The van der Waals surface area contributed by atoms with Gasteiger partial charge in [0.05, 0.1) is 18.9 Å². The van der Waals surface area contributed by atoms with Crippen LogP contribution in [0.4, 0.5) is 0 Å². The molecule has 2 aromatic rings. The summed E-state index contributed by atoms with van der Waals surface area (Å²) in [7, 11) is -1.72. The summed E-state index contributed by atoms with van der Waals surface area (Å²) >= 11 is 0. The highest BCUT2D eigenvalue weighted by Gasteiger charge is 2.14. The smallest absolute Gasteiger partial charge is 0.236 e. The van der Waals surface area contributed by atoms with E-state index in [1.54, 1.807) is 20.1 Å². The quantitative estimate of drug-likeness (QED) is 0.802. The van der Waals surface area contributed by atoms with E-state index in [0.29, 0.717) is 17.0 Å². The van der Waals surface area contributed by atoms with Gasteiger partial charge in [0.25, 0.3) is 0 Å². The second kappa shape index (κ2) is 3.52. The maximum absolute atomic E-state index is 11.7. The van der Waals surface area contributed by atoms with Gasteiger partial charge in [-0.15, -0.1) is 0 Å². The minimum Gasteiger partial charge on any atom is -0.497 e. The first-order valence-corrected chi connectivity index (χ1v) is 6.65. The summed E-state index contributed by atoms with van der Waals surface area (Å²) in [6.07, 6.45) is 1.19. The van der Waals surface area contributed by atoms with Crippen molar-refractivity contribution in [1.82, 2.24) is 3.97 Å². The maximum atomic E-state index is 11.7. The Hall–Kier alpha value is -1.49. The molecule has 0 spiro atoms. The third-order valence-electron chi connectivity index (χ3n) is 2.47. The van der Waals surface area contributed by atoms with E-state index >= 15 is 0 Å². The Kier molecular flexibility index (Phi) is 2.42. The normalized spacial score (nSPS) is 11.9. The van der Waals surface area contributed by atoms with Gasteiger partial charge in [0.1, 0.15) is 5.75 Å². The van der Waals surface area contributed by atoms with Crippen LogP contribution < -0.4 is 4.74 Å². The molecule has 1 aromatic carbocycles. The molecule has 0 aliphatic rings. The summed E-state index contributed by atoms with van der Waals surface area (Å²) in [5, 5.41) is 0.892. The van der Waals surface area contributed by atoms with Crippen molar-refractivity contribution >= 4 is 20.9 Å². The first-order chi connectivity index (χ1) is 7.43. The third kappa shape index (κ3) is 1.67. The molecular weight excluding hydrogens is 226 g/mol. The Morgan fingerprint density at radius 2 is 1.94 bits per heavy atom. The molecule has 4 nitrogen and oxygen atoms in total. The summed E-state index contributed by atoms with van der Waals surface area (Å²) in [4.78, 5) is 0. The first kappa shape index (κ1) is 11.0. The number of ether oxygens (including phenoxy) is 1. The molecule has 0 aliphatic heterocycles. The number of benzene rings is 1. The average molecular weight is 239 g/mol. The molecule has 16 heavy (non-hydrogen) atoms. The van der Waals surface area contributed by atoms with E-state index < -0.39 is 10.0 Å². The Bertz CT molecular complexity index is 641. The van der Waals surface area contributed by atoms with Gasteiger partial charge in [-0.05, 0) is 25.1 Å². The molecule has 1 aromatic heterocycles. The molecule has 0 fully saturated rings. The van der Waals surface area contributed by atoms with Crippen LogP contribution in [0.2, 0.25) is 0 Å². The van der Waals surface area contributed by atoms with Gasteiger partial charge in [-0.25, -0.2) is 12.4 Å². The summed E-state index contributed by atoms with van der Waals surface area (Å²) in [6.45, 7) is 1.77. The van der Waals surface area contributed by atoms with E-state index in [0.717, 1.165) is 5.39 Å². The highest BCUT2D eigenvalue weighted by Crippen LogP contribution is 2.25. The molecule has 0 saturated heterocycles. The number of hydrogen-bond acceptors (Lipinski definition) is 3. The fourth-order valence-electron chi connectivity index (χ4n) is 1.86. The third-order valence-corrected chi connectivity index (χ3v) is 3.62. The highest BCUT2D eigenvalue weighted by molar-refractivity contribution is 7.89. The molecule has 0 bridgehead atoms. The predicted molar refractivity (Wildman–Crippen MR) is 63.5 cm³/mol. The molecule has 0 amide bonds. The summed E-state index contributed by atoms with van der Waals surface area (Å²) in [6, 6.07) is 7.23. The molecule has 86 valence electrons. The topological polar surface area (TPSA) is 48.3 Å². The molecule has 0 N–H and O–H groups in total. The van der Waals surface area contributed by atoms with Crippen LogP contribution in [0.25, 0.3) is 10.9 Å². The van der Waals surface area contributed by atoms with Crippen molar-refractivity contribution in [3.8, 4) is 5.75 Å². The van der Waals surface area contributed by atoms with Crippen LogP contribution in [0.1, 0.15) is 5.69 Å². The standard InChI is InChI=1S/C11H13NO3S/c1-8-6-9-4-5-10(15-2)7-11(9)12(8)16(3,13)14/h4-7H,1-3H3. The van der Waals surface area contributed by atoms with Crippen molar-refractivity contribution < 1.29 is 13.2 Å². The number of aromatic nitrogens is 1. The van der Waals surface area contributed by atoms with Gasteiger partial charge in [-0.3, -0.25) is 0 Å². The second-order valence-electron chi connectivity index (χ2n) is 3.74. The minimum atomic E-state index is -3.28. The van der Waals surface area contributed by atoms with Gasteiger partial charge in [-0.1, -0.05) is 0 Å². The largest absolute Gasteiger partial charge is 0.497 e. The van der Waals surface area contributed by atoms with E-state index in [-0.39, 0.29) is 0 Å². The fraction of sp³-hybridized carbons (Fsp3) is 0.273. The van der Waals surface area contributed by atoms with Gasteiger partial charge >= 0.3 is 0 Å². The van der Waals surface area contributed by atoms with Gasteiger partial charge in [0, 0.05) is 17.1 Å². The molecule has 0 aliphatic carbocycles. The lowest BCUT2D eigenvalue weighted by Crippen LogP contribution is -2.11. The number of rotatable bonds is 2. The van der Waals surface area contributed by atoms with Gasteiger partial charge in [0.15, 0.2) is 0 Å². The number of aryl methyl sites for hydroxylation is 1. The Morgan fingerprint density at radius 3 is 2.50 bits per heavy atom. The van der Waals surface area contributed by atoms with Gasteiger partial charge in [0.2, 0.25) is 10.0 Å². The number of fused-ring (bicyclic) bond motifs is 1. The summed E-state index contributed by atoms with van der Waals surface area (Å²) < 4.78 is 29.7. The van der Waals surface area contributed by atoms with Crippen LogP contribution in [0, 0.1) is 6.92 Å². The van der Waals surface area contributed by atoms with E-state index in [1.807, 2.05) is 18.2 Å². The van der Waals surface area contributed by atoms with Crippen molar-refractivity contribution in [2.45, 2.75) is 6.92 Å². The fourth-order valence-corrected chi connectivity index (χ4v) is 2.95. The molecule has 1 heterocycles. The Balaban J connectivity index is 2.87. The zero-order chi connectivity index (χ0) is 11.9. The average Bonchev–Trinajstić information content (AvgIpc) is 2.51. The lowest BCUT2D eigenvalue weighted by molar-refractivity contribution is 0.415. The van der Waals surface area contributed by atoms with E-state index in [4.69, 9.17) is 4.74 Å². The highest BCUT2D eigenvalue weighted by atomic mass is 32.2. The summed E-state index contributed by atoms with van der Waals surface area (Å²) in [5.41, 5.74) is 1.35. The SMILES string of the molecule is COc1ccc2cc(C)n(S(C)(=O)=O)c2c1. The van der Waals surface area contributed by atoms with Crippen LogP contribution in [-0.2, 0) is 10.0 Å². The number of methoxy groups -OCH3 is 1. The molecule has 0 radical (unpaired) electrons. The van der Waals surface area contributed by atoms with Crippen LogP contribution >= 0.6 is 0 Å². The zero-order valence-corrected chi connectivity index (χ0v) is 10.2. The van der Waals surface area contributed by atoms with Crippen molar-refractivity contribution in [2.75, 3.05) is 13.4 Å². The monoisotopic (exact) mass is 239 g/mol. The van der Waals surface area contributed by atoms with Crippen molar-refractivity contribution in [1.29, 1.82) is 0 Å². The van der Waals surface area contributed by atoms with E-state index in [1.165, 1.54) is 10.2 Å². The summed E-state index contributed by atoms with van der Waals surface area (Å²) in [5.74, 6) is 0.649. The minimum absolute atomic E-state index is 0.649. The lowest BCUT2D eigenvalue weighted by atomic mass is 10.2. The van der Waals surface area contributed by atoms with Crippen LogP contribution in [0.5, 0.6) is 5.75 Å².